The van der Waals surface area contributed by atoms with Crippen LogP contribution in [0, 0.1) is 0 Å². The molecule has 0 fully saturated rings. The van der Waals surface area contributed by atoms with Crippen molar-refractivity contribution in [1.29, 1.82) is 0 Å². The van der Waals surface area contributed by atoms with Gasteiger partial charge in [-0.15, -0.1) is 0 Å². The highest BCUT2D eigenvalue weighted by molar-refractivity contribution is 5.28. The Morgan fingerprint density at radius 3 is 2.50 bits per heavy atom. The van der Waals surface area contributed by atoms with Crippen LogP contribution in [-0.4, -0.2) is 5.11 Å². The van der Waals surface area contributed by atoms with Gasteiger partial charge in [0.1, 0.15) is 0 Å². The van der Waals surface area contributed by atoms with E-state index in [0.717, 1.165) is 12.0 Å². The lowest BCUT2D eigenvalue weighted by atomic mass is 10.1. The van der Waals surface area contributed by atoms with E-state index in [9.17, 15) is 0 Å². The summed E-state index contributed by atoms with van der Waals surface area (Å²) in [7, 11) is 0. The summed E-state index contributed by atoms with van der Waals surface area (Å²) in [5.41, 5.74) is 2.23. The molecule has 0 spiro atoms. The largest absolute Gasteiger partial charge is 0.392 e. The molecule has 1 heteroatoms. The van der Waals surface area contributed by atoms with Crippen LogP contribution in [0.2, 0.25) is 0 Å². The van der Waals surface area contributed by atoms with Gasteiger partial charge in [-0.3, -0.25) is 0 Å². The molecular weight excluding hydrogens is 148 g/mol. The fourth-order valence-electron chi connectivity index (χ4n) is 1.16. The van der Waals surface area contributed by atoms with Crippen LogP contribution in [0.25, 0.3) is 0 Å². The van der Waals surface area contributed by atoms with Crippen LogP contribution in [0.15, 0.2) is 36.4 Å². The molecule has 0 heterocycles. The van der Waals surface area contributed by atoms with Crippen molar-refractivity contribution < 1.29 is 5.11 Å². The van der Waals surface area contributed by atoms with Crippen LogP contribution in [0.5, 0.6) is 0 Å². The summed E-state index contributed by atoms with van der Waals surface area (Å²) < 4.78 is 0. The van der Waals surface area contributed by atoms with Gasteiger partial charge in [0, 0.05) is 0 Å². The predicted octanol–water partition coefficient (Wildman–Crippen LogP) is 2.30. The van der Waals surface area contributed by atoms with E-state index in [4.69, 9.17) is 5.11 Å². The zero-order chi connectivity index (χ0) is 8.81. The Morgan fingerprint density at radius 1 is 1.25 bits per heavy atom. The smallest absolute Gasteiger partial charge is 0.0684 e. The van der Waals surface area contributed by atoms with Crippen molar-refractivity contribution in [2.45, 2.75) is 20.0 Å². The summed E-state index contributed by atoms with van der Waals surface area (Å²) in [6.07, 6.45) is 5.02. The summed E-state index contributed by atoms with van der Waals surface area (Å²) in [5, 5.41) is 8.99. The lowest BCUT2D eigenvalue weighted by Crippen LogP contribution is -1.91. The molecule has 0 unspecified atom stereocenters. The van der Waals surface area contributed by atoms with Gasteiger partial charge < -0.3 is 5.11 Å². The van der Waals surface area contributed by atoms with E-state index in [1.807, 2.05) is 37.3 Å². The number of benzene rings is 1. The van der Waals surface area contributed by atoms with Crippen molar-refractivity contribution in [3.8, 4) is 0 Å². The van der Waals surface area contributed by atoms with Crippen molar-refractivity contribution in [1.82, 2.24) is 0 Å². The molecule has 1 N–H and O–H groups in total. The van der Waals surface area contributed by atoms with Gasteiger partial charge in [0.05, 0.1) is 6.61 Å². The number of hydrogen-bond donors (Lipinski definition) is 1. The lowest BCUT2D eigenvalue weighted by molar-refractivity contribution is 0.281. The van der Waals surface area contributed by atoms with Crippen molar-refractivity contribution in [3.63, 3.8) is 0 Å². The van der Waals surface area contributed by atoms with E-state index in [1.54, 1.807) is 0 Å². The predicted molar refractivity (Wildman–Crippen MR) is 50.9 cm³/mol. The third kappa shape index (κ3) is 2.21. The van der Waals surface area contributed by atoms with Crippen LogP contribution < -0.4 is 0 Å². The maximum absolute atomic E-state index is 8.99. The first-order valence-corrected chi connectivity index (χ1v) is 4.17. The van der Waals surface area contributed by atoms with Gasteiger partial charge in [-0.25, -0.2) is 0 Å². The van der Waals surface area contributed by atoms with Crippen LogP contribution in [0.1, 0.15) is 18.1 Å². The first-order valence-electron chi connectivity index (χ1n) is 4.17. The first kappa shape index (κ1) is 9.01. The number of aliphatic hydroxyl groups is 1. The monoisotopic (exact) mass is 162 g/mol. The van der Waals surface area contributed by atoms with Gasteiger partial charge in [-0.2, -0.15) is 0 Å². The molecular formula is C11H14O. The Balaban J connectivity index is 2.81. The third-order valence-electron chi connectivity index (χ3n) is 1.86. The van der Waals surface area contributed by atoms with Crippen molar-refractivity contribution in [2.75, 3.05) is 0 Å². The Labute approximate surface area is 73.4 Å². The molecule has 1 aromatic rings. The summed E-state index contributed by atoms with van der Waals surface area (Å²) in [4.78, 5) is 0. The highest BCUT2D eigenvalue weighted by Gasteiger charge is 1.96. The fraction of sp³-hybridized carbons (Fsp3) is 0.273. The van der Waals surface area contributed by atoms with Gasteiger partial charge in [0.15, 0.2) is 0 Å². The van der Waals surface area contributed by atoms with E-state index in [1.165, 1.54) is 5.56 Å². The molecule has 0 bridgehead atoms. The van der Waals surface area contributed by atoms with Crippen LogP contribution in [0.3, 0.4) is 0 Å². The number of rotatable bonds is 3. The molecule has 0 aliphatic rings. The van der Waals surface area contributed by atoms with Crippen molar-refractivity contribution in [2.24, 2.45) is 0 Å². The van der Waals surface area contributed by atoms with E-state index in [2.05, 4.69) is 6.08 Å². The average molecular weight is 162 g/mol. The summed E-state index contributed by atoms with van der Waals surface area (Å²) in [6, 6.07) is 7.95. The number of hydrogen-bond acceptors (Lipinski definition) is 1. The van der Waals surface area contributed by atoms with Crippen LogP contribution in [0.4, 0.5) is 0 Å². The second-order valence-corrected chi connectivity index (χ2v) is 2.70. The molecule has 0 saturated carbocycles. The minimum Gasteiger partial charge on any atom is -0.392 e. The highest BCUT2D eigenvalue weighted by atomic mass is 16.3. The first-order chi connectivity index (χ1) is 5.88. The molecule has 0 radical (unpaired) electrons. The quantitative estimate of drug-likeness (QED) is 0.676. The summed E-state index contributed by atoms with van der Waals surface area (Å²) in [6.45, 7) is 2.13. The number of allylic oxidation sites excluding steroid dienone is 2. The van der Waals surface area contributed by atoms with E-state index in [-0.39, 0.29) is 6.61 Å². The summed E-state index contributed by atoms with van der Waals surface area (Å²) in [5.74, 6) is 0. The van der Waals surface area contributed by atoms with Crippen LogP contribution >= 0.6 is 0 Å². The van der Waals surface area contributed by atoms with Crippen molar-refractivity contribution in [3.05, 3.63) is 47.5 Å². The summed E-state index contributed by atoms with van der Waals surface area (Å²) >= 11 is 0. The molecule has 1 aromatic carbocycles. The lowest BCUT2D eigenvalue weighted by Gasteiger charge is -2.02. The third-order valence-corrected chi connectivity index (χ3v) is 1.86. The standard InChI is InChI=1S/C11H14O/c1-2-3-6-10-7-4-5-8-11(10)9-12/h2-5,7-8,12H,6,9H2,1H3. The zero-order valence-electron chi connectivity index (χ0n) is 7.33. The molecule has 0 atom stereocenters. The Bertz CT molecular complexity index is 263. The Kier molecular flexibility index (Phi) is 3.55. The zero-order valence-corrected chi connectivity index (χ0v) is 7.33. The van der Waals surface area contributed by atoms with Crippen LogP contribution in [-0.2, 0) is 13.0 Å². The maximum Gasteiger partial charge on any atom is 0.0684 e. The normalized spacial score (nSPS) is 10.8. The Hall–Kier alpha value is -1.08. The van der Waals surface area contributed by atoms with Gasteiger partial charge in [-0.1, -0.05) is 36.4 Å². The van der Waals surface area contributed by atoms with E-state index >= 15 is 0 Å². The minimum absolute atomic E-state index is 0.133. The fourth-order valence-corrected chi connectivity index (χ4v) is 1.16. The van der Waals surface area contributed by atoms with E-state index in [0.29, 0.717) is 0 Å². The SMILES string of the molecule is CC=CCc1ccccc1CO. The maximum atomic E-state index is 8.99. The van der Waals surface area contributed by atoms with Gasteiger partial charge >= 0.3 is 0 Å². The second kappa shape index (κ2) is 4.73. The molecule has 1 rings (SSSR count). The molecule has 0 aliphatic heterocycles. The Morgan fingerprint density at radius 2 is 1.92 bits per heavy atom. The molecule has 0 aliphatic carbocycles. The molecule has 0 aromatic heterocycles. The molecule has 0 saturated heterocycles. The highest BCUT2D eigenvalue weighted by Crippen LogP contribution is 2.09. The van der Waals surface area contributed by atoms with E-state index < -0.39 is 0 Å². The molecule has 12 heavy (non-hydrogen) atoms. The van der Waals surface area contributed by atoms with Gasteiger partial charge in [0.2, 0.25) is 0 Å². The topological polar surface area (TPSA) is 20.2 Å². The molecule has 1 nitrogen and oxygen atoms in total. The van der Waals surface area contributed by atoms with Crippen molar-refractivity contribution >= 4 is 0 Å². The second-order valence-electron chi connectivity index (χ2n) is 2.70. The molecule has 0 amide bonds. The number of aliphatic hydroxyl groups excluding tert-OH is 1. The minimum atomic E-state index is 0.133. The average Bonchev–Trinajstić information content (AvgIpc) is 2.15. The molecule has 64 valence electrons. The van der Waals surface area contributed by atoms with Gasteiger partial charge in [-0.05, 0) is 24.5 Å². The van der Waals surface area contributed by atoms with Gasteiger partial charge in [0.25, 0.3) is 0 Å².